The monoisotopic (exact) mass is 339 g/mol. The molecule has 0 saturated carbocycles. The highest BCUT2D eigenvalue weighted by atomic mass is 16.3. The lowest BCUT2D eigenvalue weighted by Gasteiger charge is -2.28. The molecule has 132 valence electrons. The molecule has 0 bridgehead atoms. The van der Waals surface area contributed by atoms with Crippen LogP contribution in [0.2, 0.25) is 0 Å². The Hall–Kier alpha value is -2.69. The summed E-state index contributed by atoms with van der Waals surface area (Å²) in [6.07, 6.45) is 2.90. The van der Waals surface area contributed by atoms with Crippen LogP contribution in [0.1, 0.15) is 25.3 Å². The number of aryl methyl sites for hydroxylation is 1. The summed E-state index contributed by atoms with van der Waals surface area (Å²) in [5.74, 6) is 0.300. The third kappa shape index (κ3) is 4.66. The largest absolute Gasteiger partial charge is 0.508 e. The maximum Gasteiger partial charge on any atom is 0.321 e. The lowest BCUT2D eigenvalue weighted by Crippen LogP contribution is -2.46. The first kappa shape index (κ1) is 17.1. The molecule has 0 aliphatic carbocycles. The van der Waals surface area contributed by atoms with Gasteiger partial charge in [0.1, 0.15) is 5.75 Å². The van der Waals surface area contributed by atoms with Gasteiger partial charge in [-0.05, 0) is 62.1 Å². The molecule has 0 radical (unpaired) electrons. The SMILES string of the molecule is CC(CCc1ccc(O)cc1)Nc1cccc(N2CCCNC2=O)c1. The molecular formula is C20H25N3O2. The molecule has 2 aromatic rings. The molecule has 0 aromatic heterocycles. The summed E-state index contributed by atoms with van der Waals surface area (Å²) in [5, 5.41) is 15.7. The first-order chi connectivity index (χ1) is 12.1. The minimum Gasteiger partial charge on any atom is -0.508 e. The van der Waals surface area contributed by atoms with Gasteiger partial charge in [0, 0.05) is 30.5 Å². The van der Waals surface area contributed by atoms with Crippen LogP contribution in [0.5, 0.6) is 5.75 Å². The van der Waals surface area contributed by atoms with E-state index in [1.165, 1.54) is 5.56 Å². The summed E-state index contributed by atoms with van der Waals surface area (Å²) < 4.78 is 0. The Bertz CT molecular complexity index is 715. The summed E-state index contributed by atoms with van der Waals surface area (Å²) in [6, 6.07) is 15.6. The van der Waals surface area contributed by atoms with Gasteiger partial charge in [-0.2, -0.15) is 0 Å². The number of aromatic hydroxyl groups is 1. The van der Waals surface area contributed by atoms with E-state index >= 15 is 0 Å². The molecule has 0 spiro atoms. The molecule has 3 rings (SSSR count). The predicted octanol–water partition coefficient (Wildman–Crippen LogP) is 3.75. The Morgan fingerprint density at radius 2 is 2.04 bits per heavy atom. The zero-order valence-corrected chi connectivity index (χ0v) is 14.5. The molecule has 2 amide bonds. The standard InChI is InChI=1S/C20H25N3O2/c1-15(6-7-16-8-10-19(24)11-9-16)22-17-4-2-5-18(14-17)23-13-3-12-21-20(23)25/h2,4-5,8-11,14-15,22,24H,3,6-7,12-13H2,1H3,(H,21,25). The molecule has 1 saturated heterocycles. The van der Waals surface area contributed by atoms with Crippen molar-refractivity contribution in [3.63, 3.8) is 0 Å². The van der Waals surface area contributed by atoms with Gasteiger partial charge in [0.15, 0.2) is 0 Å². The first-order valence-corrected chi connectivity index (χ1v) is 8.82. The maximum absolute atomic E-state index is 12.0. The van der Waals surface area contributed by atoms with E-state index in [1.807, 2.05) is 36.4 Å². The molecule has 5 heteroatoms. The van der Waals surface area contributed by atoms with Crippen LogP contribution in [-0.2, 0) is 6.42 Å². The van der Waals surface area contributed by atoms with Crippen LogP contribution in [0.15, 0.2) is 48.5 Å². The number of nitrogens with zero attached hydrogens (tertiary/aromatic N) is 1. The quantitative estimate of drug-likeness (QED) is 0.751. The van der Waals surface area contributed by atoms with E-state index in [1.54, 1.807) is 17.0 Å². The normalized spacial score (nSPS) is 15.6. The Morgan fingerprint density at radius 3 is 2.80 bits per heavy atom. The van der Waals surface area contributed by atoms with Crippen molar-refractivity contribution < 1.29 is 9.90 Å². The number of rotatable bonds is 6. The van der Waals surface area contributed by atoms with Crippen LogP contribution in [0, 0.1) is 0 Å². The van der Waals surface area contributed by atoms with Crippen LogP contribution in [0.25, 0.3) is 0 Å². The summed E-state index contributed by atoms with van der Waals surface area (Å²) in [4.78, 5) is 13.8. The van der Waals surface area contributed by atoms with Gasteiger partial charge in [0.05, 0.1) is 0 Å². The third-order valence-corrected chi connectivity index (χ3v) is 4.45. The van der Waals surface area contributed by atoms with Gasteiger partial charge in [-0.25, -0.2) is 4.79 Å². The molecule has 1 fully saturated rings. The number of amides is 2. The van der Waals surface area contributed by atoms with Crippen molar-refractivity contribution in [2.24, 2.45) is 0 Å². The van der Waals surface area contributed by atoms with Gasteiger partial charge in [0.2, 0.25) is 0 Å². The molecule has 1 atom stereocenters. The molecule has 5 nitrogen and oxygen atoms in total. The Labute approximate surface area is 148 Å². The van der Waals surface area contributed by atoms with E-state index in [9.17, 15) is 9.90 Å². The van der Waals surface area contributed by atoms with Gasteiger partial charge in [-0.1, -0.05) is 18.2 Å². The van der Waals surface area contributed by atoms with E-state index in [4.69, 9.17) is 0 Å². The fourth-order valence-electron chi connectivity index (χ4n) is 3.04. The van der Waals surface area contributed by atoms with Crippen molar-refractivity contribution in [3.05, 3.63) is 54.1 Å². The zero-order valence-electron chi connectivity index (χ0n) is 14.5. The van der Waals surface area contributed by atoms with Crippen molar-refractivity contribution in [2.75, 3.05) is 23.3 Å². The number of hydrogen-bond donors (Lipinski definition) is 3. The van der Waals surface area contributed by atoms with E-state index in [2.05, 4.69) is 17.6 Å². The summed E-state index contributed by atoms with van der Waals surface area (Å²) in [7, 11) is 0. The zero-order chi connectivity index (χ0) is 17.6. The van der Waals surface area contributed by atoms with E-state index in [0.29, 0.717) is 11.8 Å². The number of benzene rings is 2. The van der Waals surface area contributed by atoms with Gasteiger partial charge < -0.3 is 15.7 Å². The predicted molar refractivity (Wildman–Crippen MR) is 101 cm³/mol. The average Bonchev–Trinajstić information content (AvgIpc) is 2.62. The second kappa shape index (κ2) is 7.92. The smallest absolute Gasteiger partial charge is 0.321 e. The minimum atomic E-state index is -0.0243. The highest BCUT2D eigenvalue weighted by molar-refractivity contribution is 5.93. The lowest BCUT2D eigenvalue weighted by molar-refractivity contribution is 0.243. The fraction of sp³-hybridized carbons (Fsp3) is 0.350. The Morgan fingerprint density at radius 1 is 1.24 bits per heavy atom. The third-order valence-electron chi connectivity index (χ3n) is 4.45. The average molecular weight is 339 g/mol. The fourth-order valence-corrected chi connectivity index (χ4v) is 3.04. The van der Waals surface area contributed by atoms with Gasteiger partial charge in [-0.3, -0.25) is 4.90 Å². The van der Waals surface area contributed by atoms with E-state index in [0.717, 1.165) is 43.7 Å². The van der Waals surface area contributed by atoms with Crippen LogP contribution in [-0.4, -0.2) is 30.3 Å². The van der Waals surface area contributed by atoms with Crippen LogP contribution in [0.3, 0.4) is 0 Å². The molecule has 25 heavy (non-hydrogen) atoms. The van der Waals surface area contributed by atoms with Crippen LogP contribution < -0.4 is 15.5 Å². The number of phenolic OH excluding ortho intramolecular Hbond substituents is 1. The molecular weight excluding hydrogens is 314 g/mol. The Balaban J connectivity index is 1.57. The van der Waals surface area contributed by atoms with Crippen molar-refractivity contribution >= 4 is 17.4 Å². The molecule has 3 N–H and O–H groups in total. The van der Waals surface area contributed by atoms with Crippen LogP contribution in [0.4, 0.5) is 16.2 Å². The highest BCUT2D eigenvalue weighted by Crippen LogP contribution is 2.22. The number of carbonyl (C=O) groups excluding carboxylic acids is 1. The van der Waals surface area contributed by atoms with Crippen molar-refractivity contribution in [3.8, 4) is 5.75 Å². The second-order valence-electron chi connectivity index (χ2n) is 6.54. The minimum absolute atomic E-state index is 0.0243. The van der Waals surface area contributed by atoms with E-state index < -0.39 is 0 Å². The number of hydrogen-bond acceptors (Lipinski definition) is 3. The van der Waals surface area contributed by atoms with Gasteiger partial charge >= 0.3 is 6.03 Å². The second-order valence-corrected chi connectivity index (χ2v) is 6.54. The number of anilines is 2. The van der Waals surface area contributed by atoms with E-state index in [-0.39, 0.29) is 6.03 Å². The van der Waals surface area contributed by atoms with Gasteiger partial charge in [-0.15, -0.1) is 0 Å². The van der Waals surface area contributed by atoms with Gasteiger partial charge in [0.25, 0.3) is 0 Å². The number of phenols is 1. The molecule has 1 aliphatic heterocycles. The summed E-state index contributed by atoms with van der Waals surface area (Å²) >= 11 is 0. The molecule has 1 aliphatic rings. The highest BCUT2D eigenvalue weighted by Gasteiger charge is 2.19. The number of urea groups is 1. The molecule has 2 aromatic carbocycles. The topological polar surface area (TPSA) is 64.6 Å². The molecule has 1 unspecified atom stereocenters. The number of nitrogens with one attached hydrogen (secondary N) is 2. The maximum atomic E-state index is 12.0. The lowest BCUT2D eigenvalue weighted by atomic mass is 10.1. The van der Waals surface area contributed by atoms with Crippen LogP contribution >= 0.6 is 0 Å². The van der Waals surface area contributed by atoms with Crippen molar-refractivity contribution in [1.82, 2.24) is 5.32 Å². The van der Waals surface area contributed by atoms with Crippen molar-refractivity contribution in [2.45, 2.75) is 32.2 Å². The summed E-state index contributed by atoms with van der Waals surface area (Å²) in [6.45, 7) is 3.66. The van der Waals surface area contributed by atoms with Crippen molar-refractivity contribution in [1.29, 1.82) is 0 Å². The Kier molecular flexibility index (Phi) is 5.43. The molecule has 1 heterocycles. The summed E-state index contributed by atoms with van der Waals surface area (Å²) in [5.41, 5.74) is 3.16. The first-order valence-electron chi connectivity index (χ1n) is 8.82. The number of carbonyl (C=O) groups is 1.